The molecule has 17 heavy (non-hydrogen) atoms. The largest absolute Gasteiger partial charge is 0.487 e. The van der Waals surface area contributed by atoms with Gasteiger partial charge in [0.1, 0.15) is 11.9 Å². The van der Waals surface area contributed by atoms with Crippen LogP contribution in [0.15, 0.2) is 24.3 Å². The summed E-state index contributed by atoms with van der Waals surface area (Å²) in [6, 6.07) is 8.09. The molecule has 0 atom stereocenters. The van der Waals surface area contributed by atoms with Gasteiger partial charge in [-0.1, -0.05) is 18.2 Å². The third kappa shape index (κ3) is 2.45. The summed E-state index contributed by atoms with van der Waals surface area (Å²) in [6.45, 7) is 2.00. The minimum Gasteiger partial charge on any atom is -0.487 e. The lowest BCUT2D eigenvalue weighted by molar-refractivity contribution is 0.0374. The van der Waals surface area contributed by atoms with E-state index in [1.54, 1.807) is 0 Å². The van der Waals surface area contributed by atoms with Crippen molar-refractivity contribution in [3.8, 4) is 5.75 Å². The van der Waals surface area contributed by atoms with Crippen molar-refractivity contribution in [1.82, 2.24) is 4.90 Å². The lowest BCUT2D eigenvalue weighted by Crippen LogP contribution is -2.51. The molecule has 1 saturated heterocycles. The van der Waals surface area contributed by atoms with Crippen molar-refractivity contribution in [2.45, 2.75) is 31.0 Å². The van der Waals surface area contributed by atoms with Crippen LogP contribution < -0.4 is 4.74 Å². The van der Waals surface area contributed by atoms with E-state index in [9.17, 15) is 5.11 Å². The Morgan fingerprint density at radius 3 is 2.71 bits per heavy atom. The van der Waals surface area contributed by atoms with Crippen LogP contribution in [0.5, 0.6) is 5.75 Å². The molecule has 1 heterocycles. The maximum atomic E-state index is 9.99. The minimum atomic E-state index is -0.449. The fourth-order valence-corrected chi connectivity index (χ4v) is 2.34. The van der Waals surface area contributed by atoms with E-state index in [2.05, 4.69) is 18.0 Å². The zero-order chi connectivity index (χ0) is 11.9. The molecule has 0 spiro atoms. The van der Waals surface area contributed by atoms with Gasteiger partial charge in [-0.2, -0.15) is 0 Å². The molecule has 0 unspecified atom stereocenters. The minimum absolute atomic E-state index is 0.315. The first-order chi connectivity index (χ1) is 8.15. The molecule has 2 fully saturated rings. The number of hydrogen-bond donors (Lipinski definition) is 1. The summed E-state index contributed by atoms with van der Waals surface area (Å²) in [5, 5.41) is 9.99. The van der Waals surface area contributed by atoms with Crippen molar-refractivity contribution in [3.05, 3.63) is 29.8 Å². The van der Waals surface area contributed by atoms with Crippen LogP contribution in [-0.4, -0.2) is 41.8 Å². The number of para-hydroxylation sites is 1. The average molecular weight is 233 g/mol. The van der Waals surface area contributed by atoms with E-state index >= 15 is 0 Å². The Bertz CT molecular complexity index is 408. The van der Waals surface area contributed by atoms with Gasteiger partial charge in [0.25, 0.3) is 0 Å². The van der Waals surface area contributed by atoms with Crippen LogP contribution >= 0.6 is 0 Å². The topological polar surface area (TPSA) is 32.7 Å². The van der Waals surface area contributed by atoms with E-state index in [0.29, 0.717) is 6.10 Å². The number of likely N-dealkylation sites (N-methyl/N-ethyl adjacent to an activating group) is 1. The van der Waals surface area contributed by atoms with E-state index in [-0.39, 0.29) is 0 Å². The Kier molecular flexibility index (Phi) is 2.60. The molecular weight excluding hydrogens is 214 g/mol. The molecule has 0 amide bonds. The summed E-state index contributed by atoms with van der Waals surface area (Å²) in [5.74, 6) is 0.950. The second kappa shape index (κ2) is 4.00. The fraction of sp³-hybridized carbons (Fsp3) is 0.571. The van der Waals surface area contributed by atoms with Gasteiger partial charge in [0.05, 0.1) is 5.60 Å². The maximum Gasteiger partial charge on any atom is 0.124 e. The SMILES string of the molecule is CN1CC(Oc2ccccc2CC2(O)CC2)C1. The smallest absolute Gasteiger partial charge is 0.124 e. The molecule has 3 nitrogen and oxygen atoms in total. The van der Waals surface area contributed by atoms with Gasteiger partial charge in [-0.15, -0.1) is 0 Å². The van der Waals surface area contributed by atoms with Gasteiger partial charge < -0.3 is 9.84 Å². The Labute approximate surface area is 102 Å². The highest BCUT2D eigenvalue weighted by Crippen LogP contribution is 2.40. The number of aliphatic hydroxyl groups is 1. The van der Waals surface area contributed by atoms with E-state index in [1.165, 1.54) is 0 Å². The summed E-state index contributed by atoms with van der Waals surface area (Å²) in [5.41, 5.74) is 0.692. The molecule has 1 aliphatic heterocycles. The standard InChI is InChI=1S/C14H19NO2/c1-15-9-12(10-15)17-13-5-3-2-4-11(13)8-14(16)6-7-14/h2-5,12,16H,6-10H2,1H3. The zero-order valence-electron chi connectivity index (χ0n) is 10.2. The first-order valence-corrected chi connectivity index (χ1v) is 6.30. The van der Waals surface area contributed by atoms with Gasteiger partial charge in [0.15, 0.2) is 0 Å². The number of ether oxygens (including phenoxy) is 1. The third-order valence-corrected chi connectivity index (χ3v) is 3.64. The Balaban J connectivity index is 1.69. The highest BCUT2D eigenvalue weighted by molar-refractivity contribution is 5.35. The van der Waals surface area contributed by atoms with Crippen LogP contribution in [0.1, 0.15) is 18.4 Å². The number of likely N-dealkylation sites (tertiary alicyclic amines) is 1. The van der Waals surface area contributed by atoms with Gasteiger partial charge in [0.2, 0.25) is 0 Å². The van der Waals surface area contributed by atoms with E-state index in [4.69, 9.17) is 4.74 Å². The summed E-state index contributed by atoms with van der Waals surface area (Å²) in [4.78, 5) is 2.24. The predicted molar refractivity (Wildman–Crippen MR) is 66.2 cm³/mol. The van der Waals surface area contributed by atoms with Gasteiger partial charge in [0, 0.05) is 19.5 Å². The molecule has 0 bridgehead atoms. The van der Waals surface area contributed by atoms with Crippen molar-refractivity contribution >= 4 is 0 Å². The zero-order valence-corrected chi connectivity index (χ0v) is 10.2. The second-order valence-electron chi connectivity index (χ2n) is 5.47. The van der Waals surface area contributed by atoms with Gasteiger partial charge in [-0.3, -0.25) is 4.90 Å². The van der Waals surface area contributed by atoms with Crippen molar-refractivity contribution < 1.29 is 9.84 Å². The lowest BCUT2D eigenvalue weighted by Gasteiger charge is -2.36. The van der Waals surface area contributed by atoms with Gasteiger partial charge in [-0.25, -0.2) is 0 Å². The molecule has 0 aromatic heterocycles. The summed E-state index contributed by atoms with van der Waals surface area (Å²) in [7, 11) is 2.10. The van der Waals surface area contributed by atoms with E-state index in [0.717, 1.165) is 43.7 Å². The molecule has 2 aliphatic rings. The molecule has 1 aromatic rings. The Hall–Kier alpha value is -1.06. The van der Waals surface area contributed by atoms with Gasteiger partial charge in [-0.05, 0) is 31.5 Å². The highest BCUT2D eigenvalue weighted by atomic mass is 16.5. The van der Waals surface area contributed by atoms with Crippen molar-refractivity contribution in [1.29, 1.82) is 0 Å². The number of hydrogen-bond acceptors (Lipinski definition) is 3. The monoisotopic (exact) mass is 233 g/mol. The van der Waals surface area contributed by atoms with E-state index in [1.807, 2.05) is 18.2 Å². The summed E-state index contributed by atoms with van der Waals surface area (Å²) < 4.78 is 5.97. The van der Waals surface area contributed by atoms with Crippen LogP contribution in [0.3, 0.4) is 0 Å². The molecule has 92 valence electrons. The van der Waals surface area contributed by atoms with Crippen LogP contribution in [0.25, 0.3) is 0 Å². The number of rotatable bonds is 4. The van der Waals surface area contributed by atoms with Gasteiger partial charge >= 0.3 is 0 Å². The normalized spacial score (nSPS) is 23.2. The Morgan fingerprint density at radius 1 is 1.35 bits per heavy atom. The van der Waals surface area contributed by atoms with Crippen LogP contribution in [0, 0.1) is 0 Å². The van der Waals surface area contributed by atoms with Crippen LogP contribution in [0.4, 0.5) is 0 Å². The summed E-state index contributed by atoms with van der Waals surface area (Å²) >= 11 is 0. The molecular formula is C14H19NO2. The molecule has 3 heteroatoms. The highest BCUT2D eigenvalue weighted by Gasteiger charge is 2.41. The second-order valence-corrected chi connectivity index (χ2v) is 5.47. The maximum absolute atomic E-state index is 9.99. The number of benzene rings is 1. The summed E-state index contributed by atoms with van der Waals surface area (Å²) in [6.07, 6.45) is 2.89. The molecule has 3 rings (SSSR count). The molecule has 1 aliphatic carbocycles. The third-order valence-electron chi connectivity index (χ3n) is 3.64. The average Bonchev–Trinajstić information content (AvgIpc) is 2.97. The van der Waals surface area contributed by atoms with Crippen LogP contribution in [0.2, 0.25) is 0 Å². The van der Waals surface area contributed by atoms with Crippen molar-refractivity contribution in [2.24, 2.45) is 0 Å². The predicted octanol–water partition coefficient (Wildman–Crippen LogP) is 1.45. The first kappa shape index (κ1) is 11.1. The first-order valence-electron chi connectivity index (χ1n) is 6.30. The molecule has 1 aromatic carbocycles. The number of nitrogens with zero attached hydrogens (tertiary/aromatic N) is 1. The molecule has 0 radical (unpaired) electrons. The van der Waals surface area contributed by atoms with Crippen molar-refractivity contribution in [2.75, 3.05) is 20.1 Å². The quantitative estimate of drug-likeness (QED) is 0.854. The fourth-order valence-electron chi connectivity index (χ4n) is 2.34. The molecule has 1 saturated carbocycles. The lowest BCUT2D eigenvalue weighted by atomic mass is 10.1. The Morgan fingerprint density at radius 2 is 2.06 bits per heavy atom. The van der Waals surface area contributed by atoms with Crippen molar-refractivity contribution in [3.63, 3.8) is 0 Å². The van der Waals surface area contributed by atoms with Crippen LogP contribution in [-0.2, 0) is 6.42 Å². The van der Waals surface area contributed by atoms with E-state index < -0.39 is 5.60 Å². The molecule has 1 N–H and O–H groups in total.